The molecule has 0 heterocycles. The summed E-state index contributed by atoms with van der Waals surface area (Å²) in [4.78, 5) is 22.5. The van der Waals surface area contributed by atoms with E-state index >= 15 is 0 Å². The van der Waals surface area contributed by atoms with Crippen LogP contribution in [-0.2, 0) is 9.59 Å². The van der Waals surface area contributed by atoms with Gasteiger partial charge in [-0.05, 0) is 25.7 Å². The summed E-state index contributed by atoms with van der Waals surface area (Å²) in [5, 5.41) is 11.8. The van der Waals surface area contributed by atoms with Gasteiger partial charge in [0.15, 0.2) is 0 Å². The number of rotatable bonds is 6. The molecule has 0 unspecified atom stereocenters. The molecule has 4 heteroatoms. The Morgan fingerprint density at radius 1 is 1.19 bits per heavy atom. The molecule has 1 fully saturated rings. The third-order valence-electron chi connectivity index (χ3n) is 3.86. The van der Waals surface area contributed by atoms with Gasteiger partial charge < -0.3 is 10.4 Å². The van der Waals surface area contributed by atoms with E-state index in [4.69, 9.17) is 5.11 Å². The van der Waals surface area contributed by atoms with Gasteiger partial charge in [-0.25, -0.2) is 0 Å². The molecule has 2 atom stereocenters. The molecular formula is C12H21NO3. The van der Waals surface area contributed by atoms with E-state index in [2.05, 4.69) is 26.1 Å². The third-order valence-corrected chi connectivity index (χ3v) is 3.86. The van der Waals surface area contributed by atoms with E-state index in [1.54, 1.807) is 0 Å². The molecule has 1 saturated carbocycles. The monoisotopic (exact) mass is 227 g/mol. The Hall–Kier alpha value is -1.06. The largest absolute Gasteiger partial charge is 0.481 e. The maximum absolute atomic E-state index is 11.8. The summed E-state index contributed by atoms with van der Waals surface area (Å²) >= 11 is 0. The van der Waals surface area contributed by atoms with E-state index < -0.39 is 11.9 Å². The van der Waals surface area contributed by atoms with Gasteiger partial charge in [-0.3, -0.25) is 9.59 Å². The lowest BCUT2D eigenvalue weighted by Gasteiger charge is -2.31. The van der Waals surface area contributed by atoms with Crippen LogP contribution < -0.4 is 5.32 Å². The minimum Gasteiger partial charge on any atom is -0.481 e. The van der Waals surface area contributed by atoms with Crippen LogP contribution in [0.25, 0.3) is 0 Å². The van der Waals surface area contributed by atoms with Crippen molar-refractivity contribution < 1.29 is 14.7 Å². The molecule has 0 spiro atoms. The third kappa shape index (κ3) is 2.54. The van der Waals surface area contributed by atoms with Crippen LogP contribution in [0.5, 0.6) is 0 Å². The molecule has 0 aromatic heterocycles. The maximum atomic E-state index is 11.8. The second-order valence-corrected chi connectivity index (χ2v) is 4.62. The second kappa shape index (κ2) is 4.85. The smallest absolute Gasteiger partial charge is 0.307 e. The Morgan fingerprint density at radius 2 is 1.69 bits per heavy atom. The summed E-state index contributed by atoms with van der Waals surface area (Å²) in [7, 11) is 0. The first-order chi connectivity index (χ1) is 7.49. The molecule has 0 radical (unpaired) electrons. The van der Waals surface area contributed by atoms with Crippen molar-refractivity contribution in [1.82, 2.24) is 5.32 Å². The Kier molecular flexibility index (Phi) is 3.94. The summed E-state index contributed by atoms with van der Waals surface area (Å²) in [6.07, 6.45) is 3.15. The standard InChI is InChI=1S/C12H21NO3/c1-4-12(5-2,6-3)13-10(14)8-7-9(8)11(15)16/h8-9H,4-7H2,1-3H3,(H,13,14)(H,15,16)/t8-,9+/m1/s1. The molecule has 1 aliphatic carbocycles. The SMILES string of the molecule is CCC(CC)(CC)NC(=O)[C@@H]1C[C@@H]1C(=O)O. The topological polar surface area (TPSA) is 66.4 Å². The molecule has 1 amide bonds. The number of amides is 1. The van der Waals surface area contributed by atoms with Crippen molar-refractivity contribution in [2.45, 2.75) is 52.0 Å². The maximum Gasteiger partial charge on any atom is 0.307 e. The number of carbonyl (C=O) groups excluding carboxylic acids is 1. The van der Waals surface area contributed by atoms with Crippen LogP contribution in [0.1, 0.15) is 46.5 Å². The van der Waals surface area contributed by atoms with Crippen LogP contribution in [0.4, 0.5) is 0 Å². The lowest BCUT2D eigenvalue weighted by atomic mass is 9.89. The molecular weight excluding hydrogens is 206 g/mol. The van der Waals surface area contributed by atoms with Crippen LogP contribution in [0.3, 0.4) is 0 Å². The fourth-order valence-electron chi connectivity index (χ4n) is 2.13. The Bertz CT molecular complexity index is 276. The second-order valence-electron chi connectivity index (χ2n) is 4.62. The van der Waals surface area contributed by atoms with E-state index in [9.17, 15) is 9.59 Å². The highest BCUT2D eigenvalue weighted by Gasteiger charge is 2.49. The summed E-state index contributed by atoms with van der Waals surface area (Å²) in [6, 6.07) is 0. The number of aliphatic carboxylic acids is 1. The molecule has 4 nitrogen and oxygen atoms in total. The van der Waals surface area contributed by atoms with Gasteiger partial charge in [0.05, 0.1) is 11.8 Å². The molecule has 0 aliphatic heterocycles. The fourth-order valence-corrected chi connectivity index (χ4v) is 2.13. The number of carboxylic acids is 1. The minimum atomic E-state index is -0.852. The summed E-state index contributed by atoms with van der Waals surface area (Å²) in [5.74, 6) is -1.70. The van der Waals surface area contributed by atoms with Crippen LogP contribution in [0.2, 0.25) is 0 Å². The van der Waals surface area contributed by atoms with E-state index in [1.165, 1.54) is 0 Å². The number of hydrogen-bond acceptors (Lipinski definition) is 2. The highest BCUT2D eigenvalue weighted by atomic mass is 16.4. The zero-order valence-corrected chi connectivity index (χ0v) is 10.2. The van der Waals surface area contributed by atoms with Crippen molar-refractivity contribution in [1.29, 1.82) is 0 Å². The van der Waals surface area contributed by atoms with Crippen molar-refractivity contribution in [3.63, 3.8) is 0 Å². The van der Waals surface area contributed by atoms with Gasteiger partial charge in [0.1, 0.15) is 0 Å². The Balaban J connectivity index is 2.54. The molecule has 92 valence electrons. The molecule has 0 aromatic rings. The highest BCUT2D eigenvalue weighted by Crippen LogP contribution is 2.39. The van der Waals surface area contributed by atoms with Gasteiger partial charge >= 0.3 is 5.97 Å². The Labute approximate surface area is 96.4 Å². The van der Waals surface area contributed by atoms with Crippen LogP contribution >= 0.6 is 0 Å². The predicted molar refractivity (Wildman–Crippen MR) is 61.0 cm³/mol. The van der Waals surface area contributed by atoms with Gasteiger partial charge in [-0.15, -0.1) is 0 Å². The van der Waals surface area contributed by atoms with Crippen molar-refractivity contribution in [3.05, 3.63) is 0 Å². The first-order valence-electron chi connectivity index (χ1n) is 6.04. The molecule has 0 bridgehead atoms. The zero-order chi connectivity index (χ0) is 12.3. The Morgan fingerprint density at radius 3 is 2.00 bits per heavy atom. The van der Waals surface area contributed by atoms with Gasteiger partial charge in [0, 0.05) is 5.54 Å². The van der Waals surface area contributed by atoms with Crippen molar-refractivity contribution in [3.8, 4) is 0 Å². The number of carboxylic acid groups (broad SMARTS) is 1. The lowest BCUT2D eigenvalue weighted by Crippen LogP contribution is -2.48. The molecule has 0 saturated heterocycles. The minimum absolute atomic E-state index is 0.0852. The molecule has 0 aromatic carbocycles. The zero-order valence-electron chi connectivity index (χ0n) is 10.2. The quantitative estimate of drug-likeness (QED) is 0.727. The lowest BCUT2D eigenvalue weighted by molar-refractivity contribution is -0.140. The first-order valence-corrected chi connectivity index (χ1v) is 6.04. The van der Waals surface area contributed by atoms with E-state index in [0.29, 0.717) is 6.42 Å². The van der Waals surface area contributed by atoms with Crippen LogP contribution in [0.15, 0.2) is 0 Å². The highest BCUT2D eigenvalue weighted by molar-refractivity contribution is 5.89. The molecule has 16 heavy (non-hydrogen) atoms. The summed E-state index contributed by atoms with van der Waals surface area (Å²) in [6.45, 7) is 6.15. The predicted octanol–water partition coefficient (Wildman–Crippen LogP) is 1.79. The fraction of sp³-hybridized carbons (Fsp3) is 0.833. The normalized spacial score (nSPS) is 23.9. The van der Waals surface area contributed by atoms with E-state index in [-0.39, 0.29) is 17.4 Å². The molecule has 1 aliphatic rings. The molecule has 2 N–H and O–H groups in total. The first kappa shape index (κ1) is 13.0. The van der Waals surface area contributed by atoms with Gasteiger partial charge in [-0.1, -0.05) is 20.8 Å². The van der Waals surface area contributed by atoms with Crippen molar-refractivity contribution in [2.24, 2.45) is 11.8 Å². The summed E-state index contributed by atoms with van der Waals surface area (Å²) < 4.78 is 0. The van der Waals surface area contributed by atoms with Crippen LogP contribution in [0, 0.1) is 11.8 Å². The van der Waals surface area contributed by atoms with Gasteiger partial charge in [0.25, 0.3) is 0 Å². The molecule has 1 rings (SSSR count). The van der Waals surface area contributed by atoms with E-state index in [1.807, 2.05) is 0 Å². The average Bonchev–Trinajstić information content (AvgIpc) is 3.06. The van der Waals surface area contributed by atoms with Gasteiger partial charge in [0.2, 0.25) is 5.91 Å². The van der Waals surface area contributed by atoms with Crippen molar-refractivity contribution >= 4 is 11.9 Å². The number of hydrogen-bond donors (Lipinski definition) is 2. The van der Waals surface area contributed by atoms with E-state index in [0.717, 1.165) is 19.3 Å². The van der Waals surface area contributed by atoms with Gasteiger partial charge in [-0.2, -0.15) is 0 Å². The average molecular weight is 227 g/mol. The van der Waals surface area contributed by atoms with Crippen LogP contribution in [-0.4, -0.2) is 22.5 Å². The van der Waals surface area contributed by atoms with Crippen molar-refractivity contribution in [2.75, 3.05) is 0 Å². The number of carbonyl (C=O) groups is 2. The summed E-state index contributed by atoms with van der Waals surface area (Å²) in [5.41, 5.74) is -0.150. The number of nitrogens with one attached hydrogen (secondary N) is 1.